The molecule has 2 fully saturated rings. The highest BCUT2D eigenvalue weighted by molar-refractivity contribution is 9.10. The molecule has 2 unspecified atom stereocenters. The van der Waals surface area contributed by atoms with Gasteiger partial charge < -0.3 is 15.0 Å². The van der Waals surface area contributed by atoms with Crippen molar-refractivity contribution in [3.8, 4) is 5.75 Å². The first-order valence-electron chi connectivity index (χ1n) is 7.07. The van der Waals surface area contributed by atoms with Gasteiger partial charge in [0.2, 0.25) is 0 Å². The topological polar surface area (TPSA) is 41.6 Å². The number of hydrogen-bond donors (Lipinski definition) is 1. The smallest absolute Gasteiger partial charge is 0.255 e. The number of ether oxygens (including phenoxy) is 1. The zero-order valence-electron chi connectivity index (χ0n) is 11.6. The van der Waals surface area contributed by atoms with Crippen molar-refractivity contribution < 1.29 is 9.53 Å². The highest BCUT2D eigenvalue weighted by atomic mass is 79.9. The number of benzene rings is 1. The molecule has 1 amide bonds. The summed E-state index contributed by atoms with van der Waals surface area (Å²) in [5.41, 5.74) is 0.697. The molecule has 2 aliphatic heterocycles. The van der Waals surface area contributed by atoms with Crippen LogP contribution in [-0.2, 0) is 0 Å². The summed E-state index contributed by atoms with van der Waals surface area (Å²) in [6, 6.07) is 6.27. The summed E-state index contributed by atoms with van der Waals surface area (Å²) in [6.45, 7) is 1.91. The summed E-state index contributed by atoms with van der Waals surface area (Å²) in [7, 11) is 1.62. The van der Waals surface area contributed by atoms with Gasteiger partial charge >= 0.3 is 0 Å². The van der Waals surface area contributed by atoms with E-state index in [2.05, 4.69) is 26.1 Å². The van der Waals surface area contributed by atoms with E-state index in [1.54, 1.807) is 7.11 Å². The van der Waals surface area contributed by atoms with E-state index in [1.807, 2.05) is 18.2 Å². The molecule has 0 aliphatic carbocycles. The maximum Gasteiger partial charge on any atom is 0.255 e. The Hall–Kier alpha value is -1.07. The molecule has 1 aromatic carbocycles. The SMILES string of the molecule is COc1ccc(Br)c(C(=O)N2C3CCNCC2CC3)c1. The Morgan fingerprint density at radius 2 is 2.15 bits per heavy atom. The minimum absolute atomic E-state index is 0.118. The Labute approximate surface area is 127 Å². The van der Waals surface area contributed by atoms with E-state index in [9.17, 15) is 4.79 Å². The normalized spacial score (nSPS) is 25.4. The molecule has 2 saturated heterocycles. The summed E-state index contributed by atoms with van der Waals surface area (Å²) >= 11 is 3.49. The number of nitrogens with one attached hydrogen (secondary N) is 1. The number of carbonyl (C=O) groups is 1. The second-order valence-electron chi connectivity index (χ2n) is 5.44. The number of amides is 1. The van der Waals surface area contributed by atoms with E-state index in [1.165, 1.54) is 0 Å². The number of rotatable bonds is 2. The number of hydrogen-bond acceptors (Lipinski definition) is 3. The first-order chi connectivity index (χ1) is 9.70. The quantitative estimate of drug-likeness (QED) is 0.900. The zero-order chi connectivity index (χ0) is 14.1. The average molecular weight is 339 g/mol. The molecule has 2 atom stereocenters. The van der Waals surface area contributed by atoms with Gasteiger partial charge in [0.1, 0.15) is 5.75 Å². The third-order valence-electron chi connectivity index (χ3n) is 4.29. The number of halogens is 1. The Balaban J connectivity index is 1.92. The fourth-order valence-electron chi connectivity index (χ4n) is 3.25. The van der Waals surface area contributed by atoms with Gasteiger partial charge in [0.25, 0.3) is 5.91 Å². The van der Waals surface area contributed by atoms with Crippen LogP contribution in [0.4, 0.5) is 0 Å². The highest BCUT2D eigenvalue weighted by Gasteiger charge is 2.38. The maximum atomic E-state index is 12.9. The van der Waals surface area contributed by atoms with Gasteiger partial charge in [0, 0.05) is 23.1 Å². The van der Waals surface area contributed by atoms with E-state index in [-0.39, 0.29) is 5.91 Å². The zero-order valence-corrected chi connectivity index (χ0v) is 13.1. The van der Waals surface area contributed by atoms with Crippen LogP contribution in [-0.4, -0.2) is 43.1 Å². The summed E-state index contributed by atoms with van der Waals surface area (Å²) < 4.78 is 6.07. The molecule has 0 radical (unpaired) electrons. The van der Waals surface area contributed by atoms with E-state index < -0.39 is 0 Å². The lowest BCUT2D eigenvalue weighted by Crippen LogP contribution is -2.42. The molecule has 0 aromatic heterocycles. The van der Waals surface area contributed by atoms with Crippen LogP contribution in [0.5, 0.6) is 5.75 Å². The number of carbonyl (C=O) groups excluding carboxylic acids is 1. The van der Waals surface area contributed by atoms with Crippen molar-refractivity contribution in [1.29, 1.82) is 0 Å². The molecular weight excluding hydrogens is 320 g/mol. The van der Waals surface area contributed by atoms with Crippen molar-refractivity contribution in [2.24, 2.45) is 0 Å². The molecule has 1 N–H and O–H groups in total. The third kappa shape index (κ3) is 2.44. The fraction of sp³-hybridized carbons (Fsp3) is 0.533. The standard InChI is InChI=1S/C15H19BrN2O2/c1-20-12-4-5-14(16)13(8-12)15(19)18-10-2-3-11(18)9-17-7-6-10/h4-5,8,10-11,17H,2-3,6-7,9H2,1H3. The predicted octanol–water partition coefficient (Wildman–Crippen LogP) is 2.42. The molecule has 0 spiro atoms. The van der Waals surface area contributed by atoms with Crippen molar-refractivity contribution in [2.45, 2.75) is 31.3 Å². The second kappa shape index (κ2) is 5.74. The van der Waals surface area contributed by atoms with Gasteiger partial charge in [-0.3, -0.25) is 4.79 Å². The van der Waals surface area contributed by atoms with Crippen molar-refractivity contribution >= 4 is 21.8 Å². The minimum Gasteiger partial charge on any atom is -0.497 e. The molecule has 108 valence electrons. The van der Waals surface area contributed by atoms with Gasteiger partial charge in [-0.2, -0.15) is 0 Å². The summed E-state index contributed by atoms with van der Waals surface area (Å²) in [5, 5.41) is 3.42. The Morgan fingerprint density at radius 3 is 2.95 bits per heavy atom. The van der Waals surface area contributed by atoms with Crippen LogP contribution in [0.15, 0.2) is 22.7 Å². The number of nitrogens with zero attached hydrogens (tertiary/aromatic N) is 1. The van der Waals surface area contributed by atoms with Gasteiger partial charge in [-0.25, -0.2) is 0 Å². The molecule has 2 aliphatic rings. The van der Waals surface area contributed by atoms with E-state index in [0.29, 0.717) is 17.6 Å². The Bertz CT molecular complexity index is 507. The largest absolute Gasteiger partial charge is 0.497 e. The van der Waals surface area contributed by atoms with Crippen LogP contribution in [0.1, 0.15) is 29.6 Å². The summed E-state index contributed by atoms with van der Waals surface area (Å²) in [4.78, 5) is 15.0. The highest BCUT2D eigenvalue weighted by Crippen LogP contribution is 2.32. The van der Waals surface area contributed by atoms with Crippen molar-refractivity contribution in [3.63, 3.8) is 0 Å². The first kappa shape index (κ1) is 13.9. The molecule has 1 aromatic rings. The van der Waals surface area contributed by atoms with Crippen LogP contribution in [0.25, 0.3) is 0 Å². The lowest BCUT2D eigenvalue weighted by Gasteiger charge is -2.28. The van der Waals surface area contributed by atoms with Crippen LogP contribution < -0.4 is 10.1 Å². The first-order valence-corrected chi connectivity index (χ1v) is 7.87. The lowest BCUT2D eigenvalue weighted by atomic mass is 10.1. The molecule has 20 heavy (non-hydrogen) atoms. The summed E-state index contributed by atoms with van der Waals surface area (Å²) in [5.74, 6) is 0.837. The van der Waals surface area contributed by atoms with Crippen LogP contribution in [0.2, 0.25) is 0 Å². The number of methoxy groups -OCH3 is 1. The van der Waals surface area contributed by atoms with Gasteiger partial charge in [0.05, 0.1) is 12.7 Å². The van der Waals surface area contributed by atoms with E-state index in [4.69, 9.17) is 4.74 Å². The average Bonchev–Trinajstić information content (AvgIpc) is 2.72. The lowest BCUT2D eigenvalue weighted by molar-refractivity contribution is 0.0679. The Morgan fingerprint density at radius 1 is 1.35 bits per heavy atom. The molecule has 3 rings (SSSR count). The monoisotopic (exact) mass is 338 g/mol. The minimum atomic E-state index is 0.118. The van der Waals surface area contributed by atoms with Gasteiger partial charge in [-0.1, -0.05) is 0 Å². The van der Waals surface area contributed by atoms with Crippen LogP contribution in [0.3, 0.4) is 0 Å². The van der Waals surface area contributed by atoms with Crippen LogP contribution >= 0.6 is 15.9 Å². The van der Waals surface area contributed by atoms with E-state index >= 15 is 0 Å². The van der Waals surface area contributed by atoms with Crippen LogP contribution in [0, 0.1) is 0 Å². The van der Waals surface area contributed by atoms with Crippen molar-refractivity contribution in [1.82, 2.24) is 10.2 Å². The Kier molecular flexibility index (Phi) is 3.98. The van der Waals surface area contributed by atoms with Crippen molar-refractivity contribution in [2.75, 3.05) is 20.2 Å². The molecule has 2 heterocycles. The fourth-order valence-corrected chi connectivity index (χ4v) is 3.66. The van der Waals surface area contributed by atoms with Gasteiger partial charge in [0.15, 0.2) is 0 Å². The molecule has 4 nitrogen and oxygen atoms in total. The molecule has 0 saturated carbocycles. The molecular formula is C15H19BrN2O2. The number of fused-ring (bicyclic) bond motifs is 2. The third-order valence-corrected chi connectivity index (χ3v) is 4.98. The van der Waals surface area contributed by atoms with E-state index in [0.717, 1.165) is 42.6 Å². The van der Waals surface area contributed by atoms with Gasteiger partial charge in [-0.15, -0.1) is 0 Å². The molecule has 5 heteroatoms. The second-order valence-corrected chi connectivity index (χ2v) is 6.29. The molecule has 2 bridgehead atoms. The summed E-state index contributed by atoms with van der Waals surface area (Å²) in [6.07, 6.45) is 3.27. The predicted molar refractivity (Wildman–Crippen MR) is 81.2 cm³/mol. The van der Waals surface area contributed by atoms with Gasteiger partial charge in [-0.05, 0) is 59.9 Å². The van der Waals surface area contributed by atoms with Crippen molar-refractivity contribution in [3.05, 3.63) is 28.2 Å². The maximum absolute atomic E-state index is 12.9.